The number of carbonyl (C=O) groups excluding carboxylic acids is 2. The molecule has 0 aliphatic heterocycles. The molecule has 0 atom stereocenters. The Morgan fingerprint density at radius 3 is 2.29 bits per heavy atom. The van der Waals surface area contributed by atoms with Gasteiger partial charge in [-0.3, -0.25) is 9.59 Å². The molecule has 2 aromatic rings. The lowest BCUT2D eigenvalue weighted by Gasteiger charge is -2.19. The van der Waals surface area contributed by atoms with E-state index in [1.54, 1.807) is 12.1 Å². The molecule has 3 rings (SSSR count). The van der Waals surface area contributed by atoms with Crippen LogP contribution < -0.4 is 3.97 Å². The Bertz CT molecular complexity index is 873. The maximum Gasteiger partial charge on any atom is 0.233 e. The summed E-state index contributed by atoms with van der Waals surface area (Å²) in [5, 5.41) is 0. The van der Waals surface area contributed by atoms with E-state index in [-0.39, 0.29) is 23.1 Å². The molecule has 0 radical (unpaired) electrons. The van der Waals surface area contributed by atoms with Gasteiger partial charge < -0.3 is 9.47 Å². The molecule has 1 aliphatic rings. The Balaban J connectivity index is 2.13. The number of hydrogen-bond donors (Lipinski definition) is 0. The highest BCUT2D eigenvalue weighted by Crippen LogP contribution is 2.33. The number of fused-ring (bicyclic) bond motifs is 1. The zero-order valence-corrected chi connectivity index (χ0v) is 14.3. The average molecular weight is 342 g/mol. The van der Waals surface area contributed by atoms with Crippen molar-refractivity contribution in [3.05, 3.63) is 70.9 Å². The van der Waals surface area contributed by atoms with Crippen molar-refractivity contribution in [2.45, 2.75) is 11.8 Å². The molecule has 0 bridgehead atoms. The molecule has 24 heavy (non-hydrogen) atoms. The second-order valence-corrected chi connectivity index (χ2v) is 6.18. The molecule has 1 aromatic carbocycles. The molecular formula is C18H16NO4S+. The Labute approximate surface area is 144 Å². The van der Waals surface area contributed by atoms with Gasteiger partial charge in [0.05, 0.1) is 24.7 Å². The molecule has 0 N–H and O–H groups in total. The van der Waals surface area contributed by atoms with Gasteiger partial charge in [-0.15, -0.1) is 3.97 Å². The normalized spacial score (nSPS) is 13.8. The Kier molecular flexibility index (Phi) is 4.40. The SMILES string of the molecule is COC1=C(OC)C(=O)c2c(S[n+]3ccccc3C)cccc2C1=O. The summed E-state index contributed by atoms with van der Waals surface area (Å²) in [6.45, 7) is 1.97. The summed E-state index contributed by atoms with van der Waals surface area (Å²) in [5.74, 6) is -0.805. The van der Waals surface area contributed by atoms with Crippen molar-refractivity contribution in [3.8, 4) is 0 Å². The first kappa shape index (κ1) is 16.3. The molecule has 122 valence electrons. The Morgan fingerprint density at radius 1 is 0.917 bits per heavy atom. The lowest BCUT2D eigenvalue weighted by Crippen LogP contribution is -2.30. The number of ether oxygens (including phenoxy) is 2. The molecule has 0 spiro atoms. The second-order valence-electron chi connectivity index (χ2n) is 5.16. The van der Waals surface area contributed by atoms with E-state index in [4.69, 9.17) is 9.47 Å². The number of pyridine rings is 1. The van der Waals surface area contributed by atoms with Gasteiger partial charge in [-0.05, 0) is 6.07 Å². The van der Waals surface area contributed by atoms with Crippen LogP contribution in [-0.2, 0) is 9.47 Å². The van der Waals surface area contributed by atoms with Crippen molar-refractivity contribution in [3.63, 3.8) is 0 Å². The Hall–Kier alpha value is -2.60. The van der Waals surface area contributed by atoms with Crippen LogP contribution in [0.15, 0.2) is 59.0 Å². The van der Waals surface area contributed by atoms with Crippen LogP contribution in [-0.4, -0.2) is 25.8 Å². The standard InChI is InChI=1S/C18H16NO4S/c1-11-7-4-5-10-19(11)24-13-9-6-8-12-14(13)16(21)18(23-3)17(22-2)15(12)20/h4-10H,1-3H3/q+1. The molecule has 0 saturated carbocycles. The van der Waals surface area contributed by atoms with Crippen molar-refractivity contribution < 1.29 is 23.0 Å². The van der Waals surface area contributed by atoms with Crippen molar-refractivity contribution in [1.29, 1.82) is 0 Å². The van der Waals surface area contributed by atoms with Gasteiger partial charge in [-0.2, -0.15) is 0 Å². The molecule has 0 saturated heterocycles. The first-order valence-corrected chi connectivity index (χ1v) is 8.06. The van der Waals surface area contributed by atoms with Crippen LogP contribution in [0.25, 0.3) is 0 Å². The number of hydrogen-bond acceptors (Lipinski definition) is 5. The quantitative estimate of drug-likeness (QED) is 0.800. The van der Waals surface area contributed by atoms with Gasteiger partial charge in [0, 0.05) is 24.6 Å². The summed E-state index contributed by atoms with van der Waals surface area (Å²) < 4.78 is 12.2. The predicted molar refractivity (Wildman–Crippen MR) is 88.8 cm³/mol. The number of methoxy groups -OCH3 is 2. The van der Waals surface area contributed by atoms with E-state index in [0.29, 0.717) is 16.0 Å². The van der Waals surface area contributed by atoms with Crippen LogP contribution >= 0.6 is 11.9 Å². The number of benzene rings is 1. The average Bonchev–Trinajstić information content (AvgIpc) is 2.59. The lowest BCUT2D eigenvalue weighted by molar-refractivity contribution is -0.502. The number of ketones is 2. The van der Waals surface area contributed by atoms with Crippen molar-refractivity contribution in [2.75, 3.05) is 14.2 Å². The molecule has 0 amide bonds. The summed E-state index contributed by atoms with van der Waals surface area (Å²) in [5.41, 5.74) is 1.70. The number of carbonyl (C=O) groups is 2. The van der Waals surface area contributed by atoms with E-state index < -0.39 is 0 Å². The number of nitrogens with zero attached hydrogens (tertiary/aromatic N) is 1. The van der Waals surface area contributed by atoms with E-state index in [0.717, 1.165) is 5.69 Å². The molecule has 0 fully saturated rings. The predicted octanol–water partition coefficient (Wildman–Crippen LogP) is 2.72. The molecule has 5 nitrogen and oxygen atoms in total. The minimum Gasteiger partial charge on any atom is -0.489 e. The topological polar surface area (TPSA) is 56.5 Å². The van der Waals surface area contributed by atoms with E-state index in [9.17, 15) is 9.59 Å². The fourth-order valence-electron chi connectivity index (χ4n) is 2.57. The number of Topliss-reactive ketones (excluding diaryl/α,β-unsaturated/α-hetero) is 2. The third kappa shape index (κ3) is 2.59. The maximum atomic E-state index is 12.8. The van der Waals surface area contributed by atoms with Crippen molar-refractivity contribution in [1.82, 2.24) is 0 Å². The summed E-state index contributed by atoms with van der Waals surface area (Å²) >= 11 is 1.38. The number of allylic oxidation sites excluding steroid dienone is 2. The lowest BCUT2D eigenvalue weighted by atomic mass is 9.92. The summed E-state index contributed by atoms with van der Waals surface area (Å²) in [6.07, 6.45) is 1.90. The largest absolute Gasteiger partial charge is 0.489 e. The number of aryl methyl sites for hydroxylation is 1. The first-order chi connectivity index (χ1) is 11.6. The van der Waals surface area contributed by atoms with Gasteiger partial charge in [-0.25, -0.2) is 0 Å². The highest BCUT2D eigenvalue weighted by atomic mass is 32.2. The smallest absolute Gasteiger partial charge is 0.233 e. The number of rotatable bonds is 4. The fourth-order valence-corrected chi connectivity index (χ4v) is 3.55. The third-order valence-electron chi connectivity index (χ3n) is 3.74. The van der Waals surface area contributed by atoms with Gasteiger partial charge in [0.2, 0.25) is 35.0 Å². The highest BCUT2D eigenvalue weighted by molar-refractivity contribution is 7.93. The number of aromatic nitrogens is 1. The monoisotopic (exact) mass is 342 g/mol. The van der Waals surface area contributed by atoms with Crippen LogP contribution in [0.3, 0.4) is 0 Å². The van der Waals surface area contributed by atoms with Crippen LogP contribution in [0.4, 0.5) is 0 Å². The van der Waals surface area contributed by atoms with E-state index in [1.807, 2.05) is 41.4 Å². The van der Waals surface area contributed by atoms with Crippen LogP contribution in [0.5, 0.6) is 0 Å². The molecule has 1 aromatic heterocycles. The molecule has 1 aliphatic carbocycles. The van der Waals surface area contributed by atoms with E-state index >= 15 is 0 Å². The molecule has 0 unspecified atom stereocenters. The fraction of sp³-hybridized carbons (Fsp3) is 0.167. The summed E-state index contributed by atoms with van der Waals surface area (Å²) in [6, 6.07) is 11.0. The van der Waals surface area contributed by atoms with Crippen LogP contribution in [0.1, 0.15) is 26.4 Å². The Morgan fingerprint density at radius 2 is 1.62 bits per heavy atom. The molecule has 1 heterocycles. The van der Waals surface area contributed by atoms with Crippen molar-refractivity contribution >= 4 is 23.5 Å². The third-order valence-corrected chi connectivity index (χ3v) is 4.88. The van der Waals surface area contributed by atoms with Gasteiger partial charge in [-0.1, -0.05) is 18.2 Å². The van der Waals surface area contributed by atoms with E-state index in [1.165, 1.54) is 26.2 Å². The van der Waals surface area contributed by atoms with Crippen LogP contribution in [0, 0.1) is 6.92 Å². The summed E-state index contributed by atoms with van der Waals surface area (Å²) in [7, 11) is 2.71. The first-order valence-electron chi connectivity index (χ1n) is 7.28. The van der Waals surface area contributed by atoms with Gasteiger partial charge in [0.15, 0.2) is 11.9 Å². The minimum atomic E-state index is -0.346. The van der Waals surface area contributed by atoms with Crippen molar-refractivity contribution in [2.24, 2.45) is 0 Å². The minimum absolute atomic E-state index is 0.0549. The highest BCUT2D eigenvalue weighted by Gasteiger charge is 2.37. The van der Waals surface area contributed by atoms with Gasteiger partial charge >= 0.3 is 0 Å². The zero-order chi connectivity index (χ0) is 17.3. The van der Waals surface area contributed by atoms with Gasteiger partial charge in [0.1, 0.15) is 0 Å². The molecule has 6 heteroatoms. The zero-order valence-electron chi connectivity index (χ0n) is 13.5. The van der Waals surface area contributed by atoms with E-state index in [2.05, 4.69) is 0 Å². The summed E-state index contributed by atoms with van der Waals surface area (Å²) in [4.78, 5) is 26.1. The van der Waals surface area contributed by atoms with Crippen LogP contribution in [0.2, 0.25) is 0 Å². The maximum absolute atomic E-state index is 12.8. The molecular weight excluding hydrogens is 326 g/mol. The second kappa shape index (κ2) is 6.49. The van der Waals surface area contributed by atoms with Gasteiger partial charge in [0.25, 0.3) is 0 Å².